The van der Waals surface area contributed by atoms with Crippen LogP contribution >= 0.6 is 0 Å². The maximum Gasteiger partial charge on any atom is 0.261 e. The van der Waals surface area contributed by atoms with Crippen molar-refractivity contribution in [3.05, 3.63) is 76.8 Å². The van der Waals surface area contributed by atoms with Crippen LogP contribution in [0.3, 0.4) is 0 Å². The number of nitrogens with zero attached hydrogens (tertiary/aromatic N) is 2. The average Bonchev–Trinajstić information content (AvgIpc) is 2.67. The molecule has 1 aromatic heterocycles. The third-order valence-electron chi connectivity index (χ3n) is 4.59. The van der Waals surface area contributed by atoms with Gasteiger partial charge in [0, 0.05) is 24.9 Å². The van der Waals surface area contributed by atoms with E-state index in [0.717, 1.165) is 0 Å². The van der Waals surface area contributed by atoms with Gasteiger partial charge in [-0.3, -0.25) is 14.2 Å². The molecule has 0 unspecified atom stereocenters. The van der Waals surface area contributed by atoms with E-state index in [2.05, 4.69) is 36.3 Å². The zero-order valence-corrected chi connectivity index (χ0v) is 15.1. The van der Waals surface area contributed by atoms with Crippen molar-refractivity contribution in [2.24, 2.45) is 0 Å². The summed E-state index contributed by atoms with van der Waals surface area (Å²) >= 11 is 0. The lowest BCUT2D eigenvalue weighted by atomic mass is 9.84. The smallest absolute Gasteiger partial charge is 0.261 e. The number of hydrogen-bond acceptors (Lipinski definition) is 3. The van der Waals surface area contributed by atoms with Gasteiger partial charge in [0.15, 0.2) is 0 Å². The number of carbonyl (C=O) groups is 1. The van der Waals surface area contributed by atoms with Gasteiger partial charge in [-0.15, -0.1) is 0 Å². The molecule has 5 nitrogen and oxygen atoms in total. The number of amides is 1. The summed E-state index contributed by atoms with van der Waals surface area (Å²) in [5.41, 5.74) is 1.57. The van der Waals surface area contributed by atoms with E-state index < -0.39 is 0 Å². The van der Waals surface area contributed by atoms with E-state index in [1.807, 2.05) is 30.3 Å². The highest BCUT2D eigenvalue weighted by molar-refractivity contribution is 5.77. The molecule has 1 heterocycles. The van der Waals surface area contributed by atoms with E-state index in [1.54, 1.807) is 12.1 Å². The van der Waals surface area contributed by atoms with Crippen molar-refractivity contribution in [3.63, 3.8) is 0 Å². The zero-order chi connectivity index (χ0) is 18.6. The van der Waals surface area contributed by atoms with Crippen molar-refractivity contribution in [1.29, 1.82) is 0 Å². The van der Waals surface area contributed by atoms with Crippen LogP contribution in [0, 0.1) is 0 Å². The van der Waals surface area contributed by atoms with Crippen LogP contribution in [0.5, 0.6) is 0 Å². The largest absolute Gasteiger partial charge is 0.355 e. The number of hydrogen-bond donors (Lipinski definition) is 1. The monoisotopic (exact) mass is 349 g/mol. The van der Waals surface area contributed by atoms with Gasteiger partial charge in [0.1, 0.15) is 0 Å². The van der Waals surface area contributed by atoms with Crippen LogP contribution in [0.25, 0.3) is 10.9 Å². The van der Waals surface area contributed by atoms with Gasteiger partial charge < -0.3 is 5.32 Å². The molecular formula is C21H23N3O2. The molecule has 0 bridgehead atoms. The Bertz CT molecular complexity index is 962. The topological polar surface area (TPSA) is 64.0 Å². The second-order valence-corrected chi connectivity index (χ2v) is 7.04. The molecule has 0 aliphatic heterocycles. The molecule has 0 aliphatic rings. The molecule has 3 aromatic rings. The van der Waals surface area contributed by atoms with Crippen LogP contribution in [0.4, 0.5) is 0 Å². The lowest BCUT2D eigenvalue weighted by Gasteiger charge is -2.25. The number of nitrogens with one attached hydrogen (secondary N) is 1. The zero-order valence-electron chi connectivity index (χ0n) is 15.1. The van der Waals surface area contributed by atoms with Crippen LogP contribution in [-0.2, 0) is 16.8 Å². The summed E-state index contributed by atoms with van der Waals surface area (Å²) in [5.74, 6) is -0.0749. The SMILES string of the molecule is CC(C)(CNC(=O)CCn1cnc2ccccc2c1=O)c1ccccc1. The molecule has 1 amide bonds. The fourth-order valence-corrected chi connectivity index (χ4v) is 2.89. The van der Waals surface area contributed by atoms with Gasteiger partial charge in [0.05, 0.1) is 17.2 Å². The normalized spacial score (nSPS) is 11.5. The molecular weight excluding hydrogens is 326 g/mol. The Hall–Kier alpha value is -2.95. The molecule has 134 valence electrons. The summed E-state index contributed by atoms with van der Waals surface area (Å²) in [6.45, 7) is 5.05. The van der Waals surface area contributed by atoms with Gasteiger partial charge in [-0.25, -0.2) is 4.98 Å². The van der Waals surface area contributed by atoms with Crippen molar-refractivity contribution < 1.29 is 4.79 Å². The highest BCUT2D eigenvalue weighted by Crippen LogP contribution is 2.21. The molecule has 0 fully saturated rings. The van der Waals surface area contributed by atoms with Crippen LogP contribution in [0.2, 0.25) is 0 Å². The number of aryl methyl sites for hydroxylation is 1. The number of fused-ring (bicyclic) bond motifs is 1. The van der Waals surface area contributed by atoms with Crippen LogP contribution in [0.1, 0.15) is 25.8 Å². The minimum absolute atomic E-state index is 0.0749. The maximum absolute atomic E-state index is 12.4. The molecule has 0 radical (unpaired) electrons. The fourth-order valence-electron chi connectivity index (χ4n) is 2.89. The Labute approximate surface area is 152 Å². The predicted octanol–water partition coefficient (Wildman–Crippen LogP) is 2.88. The Morgan fingerprint density at radius 2 is 1.77 bits per heavy atom. The van der Waals surface area contributed by atoms with Gasteiger partial charge >= 0.3 is 0 Å². The summed E-state index contributed by atoms with van der Waals surface area (Å²) < 4.78 is 1.49. The van der Waals surface area contributed by atoms with Crippen molar-refractivity contribution in [2.45, 2.75) is 32.2 Å². The van der Waals surface area contributed by atoms with Crippen molar-refractivity contribution >= 4 is 16.8 Å². The molecule has 0 spiro atoms. The number of rotatable bonds is 6. The molecule has 0 saturated heterocycles. The van der Waals surface area contributed by atoms with E-state index >= 15 is 0 Å². The highest BCUT2D eigenvalue weighted by atomic mass is 16.1. The fraction of sp³-hybridized carbons (Fsp3) is 0.286. The average molecular weight is 349 g/mol. The molecule has 0 saturated carbocycles. The lowest BCUT2D eigenvalue weighted by Crippen LogP contribution is -2.37. The van der Waals surface area contributed by atoms with Crippen molar-refractivity contribution in [1.82, 2.24) is 14.9 Å². The van der Waals surface area contributed by atoms with Crippen molar-refractivity contribution in [3.8, 4) is 0 Å². The molecule has 5 heteroatoms. The molecule has 26 heavy (non-hydrogen) atoms. The minimum atomic E-state index is -0.155. The van der Waals surface area contributed by atoms with Crippen LogP contribution in [0.15, 0.2) is 65.7 Å². The van der Waals surface area contributed by atoms with E-state index in [9.17, 15) is 9.59 Å². The Balaban J connectivity index is 1.59. The summed E-state index contributed by atoms with van der Waals surface area (Å²) in [7, 11) is 0. The first-order valence-corrected chi connectivity index (χ1v) is 8.74. The van der Waals surface area contributed by atoms with E-state index in [-0.39, 0.29) is 23.3 Å². The second-order valence-electron chi connectivity index (χ2n) is 7.04. The predicted molar refractivity (Wildman–Crippen MR) is 103 cm³/mol. The van der Waals surface area contributed by atoms with Crippen molar-refractivity contribution in [2.75, 3.05) is 6.54 Å². The maximum atomic E-state index is 12.4. The van der Waals surface area contributed by atoms with E-state index in [4.69, 9.17) is 0 Å². The summed E-state index contributed by atoms with van der Waals surface area (Å²) in [6.07, 6.45) is 1.75. The standard InChI is InChI=1S/C21H23N3O2/c1-21(2,16-8-4-3-5-9-16)14-22-19(25)12-13-24-15-23-18-11-7-6-10-17(18)20(24)26/h3-11,15H,12-14H2,1-2H3,(H,22,25). The first-order chi connectivity index (χ1) is 12.5. The molecule has 2 aromatic carbocycles. The first-order valence-electron chi connectivity index (χ1n) is 8.74. The summed E-state index contributed by atoms with van der Waals surface area (Å²) in [6, 6.07) is 17.3. The Morgan fingerprint density at radius 3 is 2.54 bits per heavy atom. The Kier molecular flexibility index (Phi) is 5.16. The van der Waals surface area contributed by atoms with Crippen LogP contribution in [-0.4, -0.2) is 22.0 Å². The van der Waals surface area contributed by atoms with Gasteiger partial charge in [0.25, 0.3) is 5.56 Å². The third-order valence-corrected chi connectivity index (χ3v) is 4.59. The Morgan fingerprint density at radius 1 is 1.08 bits per heavy atom. The number of carbonyl (C=O) groups excluding carboxylic acids is 1. The van der Waals surface area contributed by atoms with Gasteiger partial charge in [-0.05, 0) is 17.7 Å². The highest BCUT2D eigenvalue weighted by Gasteiger charge is 2.21. The van der Waals surface area contributed by atoms with E-state index in [1.165, 1.54) is 16.5 Å². The number of para-hydroxylation sites is 1. The summed E-state index contributed by atoms with van der Waals surface area (Å²) in [4.78, 5) is 28.9. The molecule has 0 atom stereocenters. The number of benzene rings is 2. The molecule has 0 aliphatic carbocycles. The summed E-state index contributed by atoms with van der Waals surface area (Å²) in [5, 5.41) is 3.54. The lowest BCUT2D eigenvalue weighted by molar-refractivity contribution is -0.121. The van der Waals surface area contributed by atoms with Gasteiger partial charge in [-0.1, -0.05) is 56.3 Å². The quantitative estimate of drug-likeness (QED) is 0.744. The second kappa shape index (κ2) is 7.52. The number of aromatic nitrogens is 2. The first kappa shape index (κ1) is 17.9. The van der Waals surface area contributed by atoms with Crippen LogP contribution < -0.4 is 10.9 Å². The van der Waals surface area contributed by atoms with E-state index in [0.29, 0.717) is 24.0 Å². The third kappa shape index (κ3) is 3.99. The molecule has 3 rings (SSSR count). The molecule has 1 N–H and O–H groups in total. The minimum Gasteiger partial charge on any atom is -0.355 e. The van der Waals surface area contributed by atoms with Gasteiger partial charge in [0.2, 0.25) is 5.91 Å². The van der Waals surface area contributed by atoms with Gasteiger partial charge in [-0.2, -0.15) is 0 Å².